The summed E-state index contributed by atoms with van der Waals surface area (Å²) in [6, 6.07) is 13.6. The number of carbonyl (C=O) groups excluding carboxylic acids is 2. The van der Waals surface area contributed by atoms with E-state index in [-0.39, 0.29) is 21.2 Å². The number of pyridine rings is 1. The van der Waals surface area contributed by atoms with E-state index in [4.69, 9.17) is 22.1 Å². The Kier molecular flexibility index (Phi) is 8.93. The van der Waals surface area contributed by atoms with Crippen LogP contribution in [0.3, 0.4) is 0 Å². The number of anilines is 3. The zero-order valence-corrected chi connectivity index (χ0v) is 25.6. The van der Waals surface area contributed by atoms with Gasteiger partial charge >= 0.3 is 6.09 Å². The number of carbonyl (C=O) groups is 2. The Labute approximate surface area is 259 Å². The Balaban J connectivity index is 1.58. The van der Waals surface area contributed by atoms with Crippen molar-refractivity contribution >= 4 is 61.4 Å². The number of fused-ring (bicyclic) bond motifs is 1. The number of nitrogens with two attached hydrogens (primary N) is 1. The lowest BCUT2D eigenvalue weighted by molar-refractivity contribution is -0.133. The Morgan fingerprint density at radius 2 is 1.91 bits per heavy atom. The minimum atomic E-state index is -3.71. The van der Waals surface area contributed by atoms with Crippen molar-refractivity contribution in [3.63, 3.8) is 0 Å². The van der Waals surface area contributed by atoms with Gasteiger partial charge in [-0.15, -0.1) is 0 Å². The van der Waals surface area contributed by atoms with E-state index < -0.39 is 39.7 Å². The van der Waals surface area contributed by atoms with E-state index in [0.29, 0.717) is 42.1 Å². The molecule has 1 aromatic heterocycles. The van der Waals surface area contributed by atoms with Gasteiger partial charge in [0, 0.05) is 40.1 Å². The molecule has 0 spiro atoms. The molecule has 5 rings (SSSR count). The van der Waals surface area contributed by atoms with E-state index in [1.807, 2.05) is 0 Å². The van der Waals surface area contributed by atoms with Crippen LogP contribution in [0, 0.1) is 5.82 Å². The number of methoxy groups -OCH3 is 1. The molecule has 0 saturated carbocycles. The molecule has 1 saturated heterocycles. The highest BCUT2D eigenvalue weighted by atomic mass is 35.5. The second-order valence-corrected chi connectivity index (χ2v) is 13.0. The molecule has 13 heteroatoms. The molecule has 4 N–H and O–H groups in total. The standard InChI is InChI=1S/C31H31ClFN5O5S/c1-3-44(41,42)27-11-8-21(37-31(40)43-2)17-24(27)26-5-4-14-38(26)30(39)28(23-16-19(32)6-10-25(23)33)36-20-7-9-22-18(15-20)12-13-35-29(22)34/h6-13,15-17,26,28,36H,3-5,14H2,1-2H3,(H2,34,35)(H,37,40)/t26-,28-/m1/s1. The molecule has 2 heterocycles. The third-order valence-corrected chi connectivity index (χ3v) is 9.71. The van der Waals surface area contributed by atoms with E-state index in [2.05, 4.69) is 15.6 Å². The minimum Gasteiger partial charge on any atom is -0.453 e. The number of hydrogen-bond donors (Lipinski definition) is 3. The predicted octanol–water partition coefficient (Wildman–Crippen LogP) is 6.10. The van der Waals surface area contributed by atoms with E-state index in [9.17, 15) is 18.0 Å². The van der Waals surface area contributed by atoms with Crippen LogP contribution in [-0.2, 0) is 19.4 Å². The molecule has 0 bridgehead atoms. The normalized spacial score (nSPS) is 15.6. The fraction of sp³-hybridized carbons (Fsp3) is 0.258. The van der Waals surface area contributed by atoms with Gasteiger partial charge < -0.3 is 20.7 Å². The summed E-state index contributed by atoms with van der Waals surface area (Å²) >= 11 is 6.25. The van der Waals surface area contributed by atoms with Gasteiger partial charge in [0.05, 0.1) is 23.8 Å². The van der Waals surface area contributed by atoms with Crippen molar-refractivity contribution in [2.45, 2.75) is 36.7 Å². The Morgan fingerprint density at radius 1 is 1.14 bits per heavy atom. The molecule has 230 valence electrons. The number of nitrogens with one attached hydrogen (secondary N) is 2. The molecular weight excluding hydrogens is 609 g/mol. The van der Waals surface area contributed by atoms with Crippen LogP contribution < -0.4 is 16.4 Å². The van der Waals surface area contributed by atoms with Gasteiger partial charge in [-0.2, -0.15) is 0 Å². The molecule has 0 radical (unpaired) electrons. The van der Waals surface area contributed by atoms with E-state index in [1.54, 1.807) is 41.4 Å². The maximum atomic E-state index is 15.3. The van der Waals surface area contributed by atoms with Crippen LogP contribution in [0.2, 0.25) is 5.02 Å². The highest BCUT2D eigenvalue weighted by molar-refractivity contribution is 7.91. The lowest BCUT2D eigenvalue weighted by Gasteiger charge is -2.31. The molecule has 0 aliphatic carbocycles. The van der Waals surface area contributed by atoms with Crippen molar-refractivity contribution in [3.8, 4) is 0 Å². The number of amides is 2. The number of hydrogen-bond acceptors (Lipinski definition) is 8. The first kappa shape index (κ1) is 31.0. The fourth-order valence-corrected chi connectivity index (χ4v) is 6.80. The summed E-state index contributed by atoms with van der Waals surface area (Å²) in [4.78, 5) is 32.1. The molecule has 2 atom stereocenters. The molecule has 1 aliphatic rings. The number of benzene rings is 3. The lowest BCUT2D eigenvalue weighted by atomic mass is 10.0. The fourth-order valence-electron chi connectivity index (χ4n) is 5.48. The molecule has 10 nitrogen and oxygen atoms in total. The van der Waals surface area contributed by atoms with Crippen molar-refractivity contribution < 1.29 is 27.1 Å². The first-order chi connectivity index (χ1) is 21.0. The second-order valence-electron chi connectivity index (χ2n) is 10.3. The lowest BCUT2D eigenvalue weighted by Crippen LogP contribution is -2.38. The number of rotatable bonds is 8. The number of aromatic nitrogens is 1. The van der Waals surface area contributed by atoms with E-state index in [0.717, 1.165) is 10.8 Å². The molecule has 2 amide bonds. The molecule has 44 heavy (non-hydrogen) atoms. The van der Waals surface area contributed by atoms with E-state index >= 15 is 4.39 Å². The summed E-state index contributed by atoms with van der Waals surface area (Å²) in [6.07, 6.45) is 1.87. The average molecular weight is 640 g/mol. The highest BCUT2D eigenvalue weighted by Crippen LogP contribution is 2.40. The number of nitrogen functional groups attached to an aromatic ring is 1. The van der Waals surface area contributed by atoms with Crippen LogP contribution in [-0.4, -0.2) is 49.7 Å². The quantitative estimate of drug-likeness (QED) is 0.210. The summed E-state index contributed by atoms with van der Waals surface area (Å²) in [5.74, 6) is -0.924. The zero-order chi connectivity index (χ0) is 31.6. The number of ether oxygens (including phenoxy) is 1. The van der Waals surface area contributed by atoms with Crippen LogP contribution in [0.15, 0.2) is 71.8 Å². The van der Waals surface area contributed by atoms with E-state index in [1.165, 1.54) is 44.4 Å². The first-order valence-corrected chi connectivity index (χ1v) is 15.9. The van der Waals surface area contributed by atoms with Crippen LogP contribution in [0.5, 0.6) is 0 Å². The minimum absolute atomic E-state index is 0.0324. The van der Waals surface area contributed by atoms with Gasteiger partial charge in [0.2, 0.25) is 5.91 Å². The summed E-state index contributed by atoms with van der Waals surface area (Å²) in [5, 5.41) is 7.48. The number of halogens is 2. The SMILES string of the molecule is CCS(=O)(=O)c1ccc(NC(=O)OC)cc1[C@H]1CCCN1C(=O)[C@H](Nc1ccc2c(N)nccc2c1)c1cc(Cl)ccc1F. The molecule has 4 aromatic rings. The summed E-state index contributed by atoms with van der Waals surface area (Å²) in [7, 11) is -2.50. The number of sulfone groups is 1. The summed E-state index contributed by atoms with van der Waals surface area (Å²) in [5.41, 5.74) is 7.22. The van der Waals surface area contributed by atoms with Crippen LogP contribution >= 0.6 is 11.6 Å². The predicted molar refractivity (Wildman–Crippen MR) is 168 cm³/mol. The van der Waals surface area contributed by atoms with Crippen molar-refractivity contribution in [2.24, 2.45) is 0 Å². The third-order valence-electron chi connectivity index (χ3n) is 7.67. The average Bonchev–Trinajstić information content (AvgIpc) is 3.51. The van der Waals surface area contributed by atoms with Crippen molar-refractivity contribution in [3.05, 3.63) is 88.8 Å². The van der Waals surface area contributed by atoms with Crippen LogP contribution in [0.1, 0.15) is 43.0 Å². The first-order valence-electron chi connectivity index (χ1n) is 13.9. The van der Waals surface area contributed by atoms with Crippen LogP contribution in [0.4, 0.5) is 26.4 Å². The molecule has 0 unspecified atom stereocenters. The highest BCUT2D eigenvalue weighted by Gasteiger charge is 2.38. The summed E-state index contributed by atoms with van der Waals surface area (Å²) in [6.45, 7) is 1.83. The van der Waals surface area contributed by atoms with Gasteiger partial charge in [-0.3, -0.25) is 10.1 Å². The number of likely N-dealkylation sites (tertiary alicyclic amines) is 1. The van der Waals surface area contributed by atoms with Gasteiger partial charge in [-0.1, -0.05) is 18.5 Å². The van der Waals surface area contributed by atoms with Crippen molar-refractivity contribution in [2.75, 3.05) is 35.8 Å². The smallest absolute Gasteiger partial charge is 0.411 e. The van der Waals surface area contributed by atoms with Crippen LogP contribution in [0.25, 0.3) is 10.8 Å². The van der Waals surface area contributed by atoms with Crippen molar-refractivity contribution in [1.82, 2.24) is 9.88 Å². The van der Waals surface area contributed by atoms with Gasteiger partial charge in [0.15, 0.2) is 9.84 Å². The maximum Gasteiger partial charge on any atom is 0.411 e. The molecule has 1 aliphatic heterocycles. The molecule has 1 fully saturated rings. The zero-order valence-electron chi connectivity index (χ0n) is 24.0. The number of nitrogens with zero attached hydrogens (tertiary/aromatic N) is 2. The van der Waals surface area contributed by atoms with Gasteiger partial charge in [0.25, 0.3) is 0 Å². The molecular formula is C31H31ClFN5O5S. The largest absolute Gasteiger partial charge is 0.453 e. The Hall–Kier alpha value is -4.42. The third kappa shape index (κ3) is 6.27. The topological polar surface area (TPSA) is 144 Å². The monoisotopic (exact) mass is 639 g/mol. The van der Waals surface area contributed by atoms with Crippen molar-refractivity contribution in [1.29, 1.82) is 0 Å². The Bertz CT molecular complexity index is 1850. The molecule has 3 aromatic carbocycles. The van der Waals surface area contributed by atoms with Gasteiger partial charge in [-0.05, 0) is 84.5 Å². The maximum absolute atomic E-state index is 15.3. The Morgan fingerprint density at radius 3 is 2.66 bits per heavy atom. The van der Waals surface area contributed by atoms with Gasteiger partial charge in [0.1, 0.15) is 17.7 Å². The summed E-state index contributed by atoms with van der Waals surface area (Å²) < 4.78 is 46.3. The second kappa shape index (κ2) is 12.7. The van der Waals surface area contributed by atoms with Gasteiger partial charge in [-0.25, -0.2) is 22.6 Å².